The fourth-order valence-electron chi connectivity index (χ4n) is 2.68. The highest BCUT2D eigenvalue weighted by Gasteiger charge is 2.19. The van der Waals surface area contributed by atoms with Gasteiger partial charge in [-0.15, -0.1) is 0 Å². The van der Waals surface area contributed by atoms with Crippen molar-refractivity contribution in [1.82, 2.24) is 9.55 Å². The molecule has 1 aromatic heterocycles. The zero-order valence-electron chi connectivity index (χ0n) is 16.3. The Labute approximate surface area is 179 Å². The number of carbonyl (C=O) groups is 1. The van der Waals surface area contributed by atoms with E-state index in [4.69, 9.17) is 5.73 Å². The topological polar surface area (TPSA) is 110 Å². The van der Waals surface area contributed by atoms with Crippen LogP contribution in [0, 0.1) is 0 Å². The summed E-state index contributed by atoms with van der Waals surface area (Å²) in [5.74, 6) is -0.910. The fourth-order valence-corrected chi connectivity index (χ4v) is 3.05. The molecule has 0 aliphatic carbocycles. The number of hydrogen-bond donors (Lipinski definition) is 2. The standard InChI is InChI=1S/C19H21BrF2N4O4/c1-3-4-9-26-16(23)15(17(28)24-19(26)29)25(2)14(27)8-5-11-10-12(20)6-7-13(11)30-18(21)22/h5-8,10,18H,3-4,9,23H2,1-2H3,(H,24,28,29)/b8-5+. The van der Waals surface area contributed by atoms with Crippen LogP contribution in [0.15, 0.2) is 38.3 Å². The molecule has 0 aliphatic rings. The summed E-state index contributed by atoms with van der Waals surface area (Å²) in [6.07, 6.45) is 3.82. The second kappa shape index (κ2) is 10.2. The number of hydrogen-bond acceptors (Lipinski definition) is 5. The van der Waals surface area contributed by atoms with Gasteiger partial charge in [0.15, 0.2) is 5.69 Å². The molecule has 3 N–H and O–H groups in total. The number of nitrogens with two attached hydrogens (primary N) is 1. The van der Waals surface area contributed by atoms with Gasteiger partial charge in [-0.3, -0.25) is 19.1 Å². The lowest BCUT2D eigenvalue weighted by molar-refractivity contribution is -0.113. The van der Waals surface area contributed by atoms with Gasteiger partial charge in [0.1, 0.15) is 11.6 Å². The summed E-state index contributed by atoms with van der Waals surface area (Å²) in [6.45, 7) is -0.809. The van der Waals surface area contributed by atoms with Gasteiger partial charge in [-0.2, -0.15) is 8.78 Å². The van der Waals surface area contributed by atoms with Crippen LogP contribution in [0.5, 0.6) is 5.75 Å². The third kappa shape index (κ3) is 5.56. The number of alkyl halides is 2. The zero-order valence-corrected chi connectivity index (χ0v) is 17.9. The lowest BCUT2D eigenvalue weighted by Crippen LogP contribution is -2.38. The summed E-state index contributed by atoms with van der Waals surface area (Å²) in [5, 5.41) is 0. The lowest BCUT2D eigenvalue weighted by Gasteiger charge is -2.19. The maximum absolute atomic E-state index is 12.6. The Hall–Kier alpha value is -2.95. The zero-order chi connectivity index (χ0) is 22.4. The molecule has 0 spiro atoms. The van der Waals surface area contributed by atoms with Gasteiger partial charge < -0.3 is 15.4 Å². The molecule has 0 aliphatic heterocycles. The number of amides is 1. The Bertz CT molecular complexity index is 1070. The van der Waals surface area contributed by atoms with Crippen molar-refractivity contribution >= 4 is 39.4 Å². The number of rotatable bonds is 8. The van der Waals surface area contributed by atoms with E-state index in [0.29, 0.717) is 10.9 Å². The molecular weight excluding hydrogens is 466 g/mol. The minimum absolute atomic E-state index is 0.120. The molecule has 0 bridgehead atoms. The van der Waals surface area contributed by atoms with Crippen LogP contribution in [0.3, 0.4) is 0 Å². The molecule has 0 fully saturated rings. The number of aromatic amines is 1. The first-order valence-corrected chi connectivity index (χ1v) is 9.77. The molecule has 0 saturated carbocycles. The van der Waals surface area contributed by atoms with Crippen LogP contribution in [-0.4, -0.2) is 29.1 Å². The van der Waals surface area contributed by atoms with E-state index in [-0.39, 0.29) is 29.4 Å². The smallest absolute Gasteiger partial charge is 0.387 e. The predicted molar refractivity (Wildman–Crippen MR) is 114 cm³/mol. The van der Waals surface area contributed by atoms with Crippen molar-refractivity contribution in [1.29, 1.82) is 0 Å². The Morgan fingerprint density at radius 3 is 2.73 bits per heavy atom. The van der Waals surface area contributed by atoms with E-state index in [0.717, 1.165) is 17.4 Å². The number of anilines is 2. The van der Waals surface area contributed by atoms with Crippen molar-refractivity contribution in [3.63, 3.8) is 0 Å². The highest BCUT2D eigenvalue weighted by atomic mass is 79.9. The molecule has 0 radical (unpaired) electrons. The third-order valence-corrected chi connectivity index (χ3v) is 4.70. The molecule has 1 amide bonds. The van der Waals surface area contributed by atoms with Gasteiger partial charge in [-0.25, -0.2) is 4.79 Å². The number of likely N-dealkylation sites (N-methyl/N-ethyl adjacent to an activating group) is 1. The Balaban J connectivity index is 2.36. The van der Waals surface area contributed by atoms with E-state index in [1.165, 1.54) is 35.9 Å². The van der Waals surface area contributed by atoms with E-state index in [1.807, 2.05) is 6.92 Å². The van der Waals surface area contributed by atoms with Crippen molar-refractivity contribution in [2.45, 2.75) is 32.9 Å². The summed E-state index contributed by atoms with van der Waals surface area (Å²) in [4.78, 5) is 40.0. The monoisotopic (exact) mass is 486 g/mol. The first-order chi connectivity index (χ1) is 14.1. The van der Waals surface area contributed by atoms with E-state index in [2.05, 4.69) is 25.7 Å². The summed E-state index contributed by atoms with van der Waals surface area (Å²) in [6, 6.07) is 4.34. The van der Waals surface area contributed by atoms with Crippen LogP contribution in [0.4, 0.5) is 20.3 Å². The van der Waals surface area contributed by atoms with E-state index >= 15 is 0 Å². The quantitative estimate of drug-likeness (QED) is 0.557. The molecule has 11 heteroatoms. The van der Waals surface area contributed by atoms with E-state index in [1.54, 1.807) is 0 Å². The molecule has 8 nitrogen and oxygen atoms in total. The number of H-pyrrole nitrogens is 1. The van der Waals surface area contributed by atoms with Gasteiger partial charge in [0.25, 0.3) is 11.5 Å². The van der Waals surface area contributed by atoms with Crippen LogP contribution in [0.1, 0.15) is 25.3 Å². The number of ether oxygens (including phenoxy) is 1. The molecule has 1 heterocycles. The molecule has 0 atom stereocenters. The van der Waals surface area contributed by atoms with Crippen molar-refractivity contribution in [3.05, 3.63) is 55.1 Å². The van der Waals surface area contributed by atoms with E-state index in [9.17, 15) is 23.2 Å². The normalized spacial score (nSPS) is 11.3. The number of nitrogen functional groups attached to an aromatic ring is 1. The van der Waals surface area contributed by atoms with Gasteiger partial charge in [0.2, 0.25) is 0 Å². The number of halogens is 3. The van der Waals surface area contributed by atoms with Crippen molar-refractivity contribution < 1.29 is 18.3 Å². The van der Waals surface area contributed by atoms with Gasteiger partial charge in [-0.05, 0) is 30.7 Å². The summed E-state index contributed by atoms with van der Waals surface area (Å²) in [5.41, 5.74) is 4.56. The summed E-state index contributed by atoms with van der Waals surface area (Å²) in [7, 11) is 1.32. The Kier molecular flexibility index (Phi) is 7.93. The number of nitrogens with zero attached hydrogens (tertiary/aromatic N) is 2. The lowest BCUT2D eigenvalue weighted by atomic mass is 10.2. The number of benzene rings is 1. The molecule has 0 saturated heterocycles. The molecule has 2 aromatic rings. The molecule has 0 unspecified atom stereocenters. The number of carbonyl (C=O) groups excluding carboxylic acids is 1. The number of aromatic nitrogens is 2. The van der Waals surface area contributed by atoms with Crippen LogP contribution in [0.2, 0.25) is 0 Å². The van der Waals surface area contributed by atoms with Gasteiger partial charge in [-0.1, -0.05) is 29.3 Å². The highest BCUT2D eigenvalue weighted by Crippen LogP contribution is 2.26. The Morgan fingerprint density at radius 1 is 1.40 bits per heavy atom. The van der Waals surface area contributed by atoms with Crippen molar-refractivity contribution in [2.75, 3.05) is 17.7 Å². The molecule has 162 valence electrons. The second-order valence-electron chi connectivity index (χ2n) is 6.29. The fraction of sp³-hybridized carbons (Fsp3) is 0.316. The Morgan fingerprint density at radius 2 is 2.10 bits per heavy atom. The minimum Gasteiger partial charge on any atom is -0.434 e. The van der Waals surface area contributed by atoms with Crippen molar-refractivity contribution in [3.8, 4) is 5.75 Å². The third-order valence-electron chi connectivity index (χ3n) is 4.21. The SMILES string of the molecule is CCCCn1c(N)c(N(C)C(=O)/C=C/c2cc(Br)ccc2OC(F)F)c(=O)[nH]c1=O. The second-order valence-corrected chi connectivity index (χ2v) is 7.21. The van der Waals surface area contributed by atoms with Crippen LogP contribution >= 0.6 is 15.9 Å². The first kappa shape index (κ1) is 23.3. The maximum Gasteiger partial charge on any atom is 0.387 e. The van der Waals surface area contributed by atoms with Crippen molar-refractivity contribution in [2.24, 2.45) is 0 Å². The molecule has 30 heavy (non-hydrogen) atoms. The minimum atomic E-state index is -3.03. The number of unbranched alkanes of at least 4 members (excludes halogenated alkanes) is 1. The average Bonchev–Trinajstić information content (AvgIpc) is 2.67. The highest BCUT2D eigenvalue weighted by molar-refractivity contribution is 9.10. The number of nitrogens with one attached hydrogen (secondary N) is 1. The van der Waals surface area contributed by atoms with Crippen LogP contribution in [0.25, 0.3) is 6.08 Å². The largest absolute Gasteiger partial charge is 0.434 e. The summed E-state index contributed by atoms with van der Waals surface area (Å²) >= 11 is 3.22. The van der Waals surface area contributed by atoms with Crippen LogP contribution in [-0.2, 0) is 11.3 Å². The molecular formula is C19H21BrF2N4O4. The van der Waals surface area contributed by atoms with Gasteiger partial charge in [0, 0.05) is 29.7 Å². The first-order valence-electron chi connectivity index (χ1n) is 8.98. The maximum atomic E-state index is 12.6. The van der Waals surface area contributed by atoms with Crippen LogP contribution < -0.4 is 26.6 Å². The van der Waals surface area contributed by atoms with E-state index < -0.39 is 23.8 Å². The average molecular weight is 487 g/mol. The van der Waals surface area contributed by atoms with Gasteiger partial charge >= 0.3 is 12.3 Å². The molecule has 1 aromatic carbocycles. The molecule has 2 rings (SSSR count). The summed E-state index contributed by atoms with van der Waals surface area (Å²) < 4.78 is 31.4. The van der Waals surface area contributed by atoms with Gasteiger partial charge in [0.05, 0.1) is 0 Å². The predicted octanol–water partition coefficient (Wildman–Crippen LogP) is 2.96.